The molecule has 4 heteroatoms. The molecule has 274 valence electrons. The number of benzene rings is 10. The van der Waals surface area contributed by atoms with E-state index in [1.165, 1.54) is 16.2 Å². The Bertz CT molecular complexity index is 3510. The Morgan fingerprint density at radius 3 is 1.44 bits per heavy atom. The fourth-order valence-corrected chi connectivity index (χ4v) is 8.74. The van der Waals surface area contributed by atoms with E-state index in [9.17, 15) is 0 Å². The van der Waals surface area contributed by atoms with Crippen LogP contribution < -0.4 is 0 Å². The Hall–Kier alpha value is -7.95. The zero-order valence-electron chi connectivity index (χ0n) is 31.8. The molecule has 0 saturated heterocycles. The molecular weight excluding hydrogens is 719 g/mol. The molecule has 12 rings (SSSR count). The van der Waals surface area contributed by atoms with E-state index in [4.69, 9.17) is 19.4 Å². The lowest BCUT2D eigenvalue weighted by Crippen LogP contribution is -2.01. The van der Waals surface area contributed by atoms with E-state index in [1.807, 2.05) is 0 Å². The van der Waals surface area contributed by atoms with Crippen LogP contribution in [-0.2, 0) is 0 Å². The van der Waals surface area contributed by atoms with Gasteiger partial charge in [-0.1, -0.05) is 170 Å². The first-order valence-corrected chi connectivity index (χ1v) is 19.9. The van der Waals surface area contributed by atoms with Crippen LogP contribution >= 0.6 is 0 Å². The largest absolute Gasteiger partial charge is 0.456 e. The SMILES string of the molecule is c1ccc2cc(-c3cc(-c4ccc(-c5nc(-c6cccc7ccccc67)nc(-c6cccc7ccccc67)n5)cc4)c4c(c3)oc3cc5ccccc5cc34)ccc2c1. The van der Waals surface area contributed by atoms with Gasteiger partial charge >= 0.3 is 0 Å². The van der Waals surface area contributed by atoms with Crippen LogP contribution in [0.2, 0.25) is 0 Å². The Morgan fingerprint density at radius 2 is 0.780 bits per heavy atom. The van der Waals surface area contributed by atoms with Crippen molar-refractivity contribution in [3.63, 3.8) is 0 Å². The van der Waals surface area contributed by atoms with Gasteiger partial charge in [0, 0.05) is 27.5 Å². The molecule has 0 spiro atoms. The van der Waals surface area contributed by atoms with Gasteiger partial charge in [-0.2, -0.15) is 0 Å². The highest BCUT2D eigenvalue weighted by molar-refractivity contribution is 6.16. The Morgan fingerprint density at radius 1 is 0.271 bits per heavy atom. The maximum atomic E-state index is 6.71. The Balaban J connectivity index is 1.05. The molecule has 0 aliphatic rings. The van der Waals surface area contributed by atoms with Crippen molar-refractivity contribution in [3.05, 3.63) is 200 Å². The predicted molar refractivity (Wildman–Crippen MR) is 244 cm³/mol. The highest BCUT2D eigenvalue weighted by atomic mass is 16.3. The van der Waals surface area contributed by atoms with Gasteiger partial charge in [0.1, 0.15) is 11.2 Å². The highest BCUT2D eigenvalue weighted by Crippen LogP contribution is 2.42. The van der Waals surface area contributed by atoms with Gasteiger partial charge in [0.2, 0.25) is 0 Å². The third-order valence-electron chi connectivity index (χ3n) is 11.7. The summed E-state index contributed by atoms with van der Waals surface area (Å²) in [4.78, 5) is 15.5. The van der Waals surface area contributed by atoms with Crippen molar-refractivity contribution < 1.29 is 4.42 Å². The van der Waals surface area contributed by atoms with Gasteiger partial charge in [-0.05, 0) is 95.7 Å². The third kappa shape index (κ3) is 5.65. The molecule has 0 aliphatic carbocycles. The second kappa shape index (κ2) is 13.3. The van der Waals surface area contributed by atoms with E-state index in [0.717, 1.165) is 87.8 Å². The second-order valence-corrected chi connectivity index (χ2v) is 15.2. The normalized spacial score (nSPS) is 11.7. The zero-order chi connectivity index (χ0) is 38.9. The summed E-state index contributed by atoms with van der Waals surface area (Å²) in [5, 5.41) is 11.4. The monoisotopic (exact) mass is 751 g/mol. The average molecular weight is 752 g/mol. The fraction of sp³-hybridized carbons (Fsp3) is 0. The highest BCUT2D eigenvalue weighted by Gasteiger charge is 2.19. The summed E-state index contributed by atoms with van der Waals surface area (Å²) < 4.78 is 6.71. The first kappa shape index (κ1) is 33.2. The zero-order valence-corrected chi connectivity index (χ0v) is 31.8. The van der Waals surface area contributed by atoms with Gasteiger partial charge in [-0.25, -0.2) is 15.0 Å². The van der Waals surface area contributed by atoms with Crippen molar-refractivity contribution in [3.8, 4) is 56.4 Å². The molecule has 0 amide bonds. The van der Waals surface area contributed by atoms with E-state index in [0.29, 0.717) is 17.5 Å². The lowest BCUT2D eigenvalue weighted by atomic mass is 9.93. The molecule has 0 atom stereocenters. The quantitative estimate of drug-likeness (QED) is 0.176. The van der Waals surface area contributed by atoms with Gasteiger partial charge < -0.3 is 4.42 Å². The molecule has 0 saturated carbocycles. The second-order valence-electron chi connectivity index (χ2n) is 15.2. The molecule has 0 unspecified atom stereocenters. The Labute approximate surface area is 339 Å². The van der Waals surface area contributed by atoms with Crippen molar-refractivity contribution in [2.24, 2.45) is 0 Å². The standard InChI is InChI=1S/C55H33N3O/c1-2-14-39-29-42(28-23-34(39)11-1)43-31-48(52-49-30-40-15-3-4-16-41(40)32-50(49)59-51(52)33-43)37-24-26-38(27-25-37)53-56-54(46-21-9-17-35-12-5-7-19-44(35)46)58-55(57-53)47-22-10-18-36-13-6-8-20-45(36)47/h1-33H. The van der Waals surface area contributed by atoms with Gasteiger partial charge in [-0.15, -0.1) is 0 Å². The minimum Gasteiger partial charge on any atom is -0.456 e. The first-order chi connectivity index (χ1) is 29.2. The maximum Gasteiger partial charge on any atom is 0.164 e. The molecule has 0 N–H and O–H groups in total. The van der Waals surface area contributed by atoms with Crippen LogP contribution in [0.15, 0.2) is 205 Å². The number of nitrogens with zero attached hydrogens (tertiary/aromatic N) is 3. The Kier molecular flexibility index (Phi) is 7.50. The van der Waals surface area contributed by atoms with Gasteiger partial charge in [0.05, 0.1) is 0 Å². The van der Waals surface area contributed by atoms with Crippen LogP contribution in [0.4, 0.5) is 0 Å². The van der Waals surface area contributed by atoms with Gasteiger partial charge in [0.25, 0.3) is 0 Å². The summed E-state index contributed by atoms with van der Waals surface area (Å²) in [6.45, 7) is 0. The summed E-state index contributed by atoms with van der Waals surface area (Å²) in [5.41, 5.74) is 9.00. The minimum absolute atomic E-state index is 0.618. The molecule has 0 radical (unpaired) electrons. The van der Waals surface area contributed by atoms with Gasteiger partial charge in [-0.3, -0.25) is 0 Å². The predicted octanol–water partition coefficient (Wildman–Crippen LogP) is 14.7. The summed E-state index contributed by atoms with van der Waals surface area (Å²) in [6.07, 6.45) is 0. The average Bonchev–Trinajstić information content (AvgIpc) is 3.67. The number of fused-ring (bicyclic) bond motifs is 7. The summed E-state index contributed by atoms with van der Waals surface area (Å²) in [7, 11) is 0. The lowest BCUT2D eigenvalue weighted by Gasteiger charge is -2.12. The first-order valence-electron chi connectivity index (χ1n) is 19.9. The van der Waals surface area contributed by atoms with E-state index >= 15 is 0 Å². The number of aromatic nitrogens is 3. The van der Waals surface area contributed by atoms with Crippen LogP contribution in [0, 0.1) is 0 Å². The summed E-state index contributed by atoms with van der Waals surface area (Å²) >= 11 is 0. The summed E-state index contributed by atoms with van der Waals surface area (Å²) in [5.74, 6) is 1.90. The van der Waals surface area contributed by atoms with Crippen LogP contribution in [0.25, 0.3) is 121 Å². The van der Waals surface area contributed by atoms with Gasteiger partial charge in [0.15, 0.2) is 17.5 Å². The number of furan rings is 1. The van der Waals surface area contributed by atoms with E-state index in [-0.39, 0.29) is 0 Å². The molecule has 0 fully saturated rings. The number of hydrogen-bond donors (Lipinski definition) is 0. The number of hydrogen-bond acceptors (Lipinski definition) is 4. The van der Waals surface area contributed by atoms with Crippen molar-refractivity contribution >= 4 is 65.0 Å². The van der Waals surface area contributed by atoms with Crippen molar-refractivity contribution in [2.45, 2.75) is 0 Å². The molecule has 2 aromatic heterocycles. The molecule has 2 heterocycles. The summed E-state index contributed by atoms with van der Waals surface area (Å²) in [6, 6.07) is 70.6. The van der Waals surface area contributed by atoms with E-state index in [2.05, 4.69) is 200 Å². The van der Waals surface area contributed by atoms with Crippen LogP contribution in [-0.4, -0.2) is 15.0 Å². The van der Waals surface area contributed by atoms with Crippen molar-refractivity contribution in [2.75, 3.05) is 0 Å². The lowest BCUT2D eigenvalue weighted by molar-refractivity contribution is 0.669. The molecular formula is C55H33N3O. The van der Waals surface area contributed by atoms with E-state index in [1.54, 1.807) is 0 Å². The van der Waals surface area contributed by atoms with Crippen molar-refractivity contribution in [1.29, 1.82) is 0 Å². The molecule has 59 heavy (non-hydrogen) atoms. The molecule has 4 nitrogen and oxygen atoms in total. The molecule has 10 aromatic carbocycles. The number of rotatable bonds is 5. The van der Waals surface area contributed by atoms with Crippen LogP contribution in [0.5, 0.6) is 0 Å². The maximum absolute atomic E-state index is 6.71. The molecule has 12 aromatic rings. The topological polar surface area (TPSA) is 51.8 Å². The fourth-order valence-electron chi connectivity index (χ4n) is 8.74. The minimum atomic E-state index is 0.618. The molecule has 0 aliphatic heterocycles. The third-order valence-corrected chi connectivity index (χ3v) is 11.7. The molecule has 0 bridgehead atoms. The van der Waals surface area contributed by atoms with Crippen molar-refractivity contribution in [1.82, 2.24) is 15.0 Å². The smallest absolute Gasteiger partial charge is 0.164 e. The van der Waals surface area contributed by atoms with Crippen LogP contribution in [0.1, 0.15) is 0 Å². The van der Waals surface area contributed by atoms with E-state index < -0.39 is 0 Å². The van der Waals surface area contributed by atoms with Crippen LogP contribution in [0.3, 0.4) is 0 Å².